The SMILES string of the molecule is CC1(C)CC(CN)(CC(=O)NO)C1. The first-order valence-corrected chi connectivity index (χ1v) is 4.56. The summed E-state index contributed by atoms with van der Waals surface area (Å²) in [5, 5.41) is 8.40. The summed E-state index contributed by atoms with van der Waals surface area (Å²) < 4.78 is 0. The number of hydroxylamine groups is 1. The molecule has 0 unspecified atom stereocenters. The zero-order valence-corrected chi connectivity index (χ0v) is 8.26. The minimum atomic E-state index is -0.332. The first kappa shape index (κ1) is 10.5. The fourth-order valence-electron chi connectivity index (χ4n) is 2.70. The maximum absolute atomic E-state index is 11.0. The van der Waals surface area contributed by atoms with Gasteiger partial charge in [-0.1, -0.05) is 13.8 Å². The number of rotatable bonds is 3. The normalized spacial score (nSPS) is 23.4. The molecule has 1 aliphatic rings. The molecule has 0 saturated heterocycles. The highest BCUT2D eigenvalue weighted by molar-refractivity contribution is 5.75. The average molecular weight is 186 g/mol. The first-order valence-electron chi connectivity index (χ1n) is 4.56. The molecule has 1 rings (SSSR count). The second-order valence-corrected chi connectivity index (χ2v) is 4.93. The summed E-state index contributed by atoms with van der Waals surface area (Å²) in [5.41, 5.74) is 7.51. The average Bonchev–Trinajstić information content (AvgIpc) is 2.00. The van der Waals surface area contributed by atoms with E-state index < -0.39 is 0 Å². The molecular weight excluding hydrogens is 168 g/mol. The van der Waals surface area contributed by atoms with E-state index in [4.69, 9.17) is 10.9 Å². The smallest absolute Gasteiger partial charge is 0.243 e. The van der Waals surface area contributed by atoms with Crippen molar-refractivity contribution in [2.75, 3.05) is 6.54 Å². The van der Waals surface area contributed by atoms with Gasteiger partial charge in [0.15, 0.2) is 0 Å². The third-order valence-electron chi connectivity index (χ3n) is 2.80. The lowest BCUT2D eigenvalue weighted by molar-refractivity contribution is -0.136. The van der Waals surface area contributed by atoms with Gasteiger partial charge >= 0.3 is 0 Å². The molecule has 0 radical (unpaired) electrons. The van der Waals surface area contributed by atoms with E-state index in [1.165, 1.54) is 0 Å². The van der Waals surface area contributed by atoms with Crippen molar-refractivity contribution in [1.29, 1.82) is 0 Å². The fourth-order valence-corrected chi connectivity index (χ4v) is 2.70. The van der Waals surface area contributed by atoms with Gasteiger partial charge in [-0.25, -0.2) is 5.48 Å². The van der Waals surface area contributed by atoms with Gasteiger partial charge in [0.2, 0.25) is 5.91 Å². The molecule has 0 aromatic heterocycles. The van der Waals surface area contributed by atoms with Crippen molar-refractivity contribution in [3.05, 3.63) is 0 Å². The second-order valence-electron chi connectivity index (χ2n) is 4.93. The standard InChI is InChI=1S/C9H18N2O2/c1-8(2)4-9(5-8,6-10)3-7(12)11-13/h13H,3-6,10H2,1-2H3,(H,11,12). The Kier molecular flexibility index (Phi) is 2.63. The first-order chi connectivity index (χ1) is 5.93. The maximum Gasteiger partial charge on any atom is 0.243 e. The van der Waals surface area contributed by atoms with Gasteiger partial charge in [-0.3, -0.25) is 10.0 Å². The number of amides is 1. The van der Waals surface area contributed by atoms with Gasteiger partial charge in [-0.15, -0.1) is 0 Å². The van der Waals surface area contributed by atoms with Crippen LogP contribution in [0.15, 0.2) is 0 Å². The van der Waals surface area contributed by atoms with Crippen LogP contribution in [0.5, 0.6) is 0 Å². The van der Waals surface area contributed by atoms with Crippen molar-refractivity contribution in [2.24, 2.45) is 16.6 Å². The highest BCUT2D eigenvalue weighted by atomic mass is 16.5. The molecule has 4 N–H and O–H groups in total. The third-order valence-corrected chi connectivity index (χ3v) is 2.80. The number of carbonyl (C=O) groups excluding carboxylic acids is 1. The van der Waals surface area contributed by atoms with Crippen LogP contribution in [0.2, 0.25) is 0 Å². The summed E-state index contributed by atoms with van der Waals surface area (Å²) in [7, 11) is 0. The topological polar surface area (TPSA) is 75.4 Å². The Morgan fingerprint density at radius 3 is 2.38 bits per heavy atom. The van der Waals surface area contributed by atoms with Gasteiger partial charge in [-0.05, 0) is 30.2 Å². The molecule has 1 amide bonds. The molecule has 76 valence electrons. The molecule has 0 aromatic rings. The molecule has 1 aliphatic carbocycles. The van der Waals surface area contributed by atoms with E-state index in [1.54, 1.807) is 5.48 Å². The van der Waals surface area contributed by atoms with Crippen molar-refractivity contribution >= 4 is 5.91 Å². The van der Waals surface area contributed by atoms with Crippen molar-refractivity contribution < 1.29 is 10.0 Å². The Labute approximate surface area is 78.5 Å². The summed E-state index contributed by atoms with van der Waals surface area (Å²) >= 11 is 0. The lowest BCUT2D eigenvalue weighted by atomic mass is 9.53. The van der Waals surface area contributed by atoms with Crippen LogP contribution in [0.25, 0.3) is 0 Å². The number of nitrogens with two attached hydrogens (primary N) is 1. The van der Waals surface area contributed by atoms with Gasteiger partial charge in [0.1, 0.15) is 0 Å². The van der Waals surface area contributed by atoms with Crippen LogP contribution in [0.1, 0.15) is 33.1 Å². The Morgan fingerprint density at radius 1 is 1.54 bits per heavy atom. The monoisotopic (exact) mass is 186 g/mol. The van der Waals surface area contributed by atoms with E-state index >= 15 is 0 Å². The van der Waals surface area contributed by atoms with Crippen LogP contribution >= 0.6 is 0 Å². The molecule has 0 aliphatic heterocycles. The molecule has 0 heterocycles. The zero-order chi connectivity index (χ0) is 10.1. The molecule has 4 heteroatoms. The van der Waals surface area contributed by atoms with Crippen LogP contribution in [0, 0.1) is 10.8 Å². The molecule has 0 aromatic carbocycles. The van der Waals surface area contributed by atoms with Gasteiger partial charge in [0.05, 0.1) is 0 Å². The van der Waals surface area contributed by atoms with Crippen LogP contribution in [-0.2, 0) is 4.79 Å². The molecule has 0 atom stereocenters. The second kappa shape index (κ2) is 3.27. The van der Waals surface area contributed by atoms with Crippen molar-refractivity contribution in [3.8, 4) is 0 Å². The number of hydrogen-bond donors (Lipinski definition) is 3. The molecule has 1 fully saturated rings. The van der Waals surface area contributed by atoms with Gasteiger partial charge < -0.3 is 5.73 Å². The summed E-state index contributed by atoms with van der Waals surface area (Å²) in [5.74, 6) is -0.332. The quantitative estimate of drug-likeness (QED) is 0.447. The molecule has 0 spiro atoms. The largest absolute Gasteiger partial charge is 0.330 e. The van der Waals surface area contributed by atoms with Crippen LogP contribution < -0.4 is 11.2 Å². The lowest BCUT2D eigenvalue weighted by Gasteiger charge is -2.52. The summed E-state index contributed by atoms with van der Waals surface area (Å²) in [6.07, 6.45) is 2.26. The van der Waals surface area contributed by atoms with E-state index in [0.717, 1.165) is 12.8 Å². The van der Waals surface area contributed by atoms with E-state index in [1.807, 2.05) is 0 Å². The van der Waals surface area contributed by atoms with Crippen molar-refractivity contribution in [3.63, 3.8) is 0 Å². The van der Waals surface area contributed by atoms with E-state index in [0.29, 0.717) is 18.4 Å². The van der Waals surface area contributed by atoms with Crippen LogP contribution in [-0.4, -0.2) is 17.7 Å². The third kappa shape index (κ3) is 2.19. The summed E-state index contributed by atoms with van der Waals surface area (Å²) in [6, 6.07) is 0. The molecule has 13 heavy (non-hydrogen) atoms. The predicted octanol–water partition coefficient (Wildman–Crippen LogP) is 0.647. The molecular formula is C9H18N2O2. The van der Waals surface area contributed by atoms with Gasteiger partial charge in [0, 0.05) is 6.42 Å². The molecule has 1 saturated carbocycles. The zero-order valence-electron chi connectivity index (χ0n) is 8.26. The van der Waals surface area contributed by atoms with E-state index in [-0.39, 0.29) is 11.3 Å². The number of carbonyl (C=O) groups is 1. The Hall–Kier alpha value is -0.610. The van der Waals surface area contributed by atoms with Gasteiger partial charge in [-0.2, -0.15) is 0 Å². The summed E-state index contributed by atoms with van der Waals surface area (Å²) in [6.45, 7) is 4.85. The van der Waals surface area contributed by atoms with Crippen molar-refractivity contribution in [1.82, 2.24) is 5.48 Å². The maximum atomic E-state index is 11.0. The molecule has 0 bridgehead atoms. The Bertz CT molecular complexity index is 206. The Morgan fingerprint density at radius 2 is 2.08 bits per heavy atom. The van der Waals surface area contributed by atoms with E-state index in [2.05, 4.69) is 13.8 Å². The predicted molar refractivity (Wildman–Crippen MR) is 49.0 cm³/mol. The van der Waals surface area contributed by atoms with Crippen molar-refractivity contribution in [2.45, 2.75) is 33.1 Å². The highest BCUT2D eigenvalue weighted by Crippen LogP contribution is 2.55. The number of nitrogens with one attached hydrogen (secondary N) is 1. The van der Waals surface area contributed by atoms with E-state index in [9.17, 15) is 4.79 Å². The van der Waals surface area contributed by atoms with Crippen LogP contribution in [0.4, 0.5) is 0 Å². The Balaban J connectivity index is 2.50. The number of hydrogen-bond acceptors (Lipinski definition) is 3. The minimum Gasteiger partial charge on any atom is -0.330 e. The molecule has 4 nitrogen and oxygen atoms in total. The highest BCUT2D eigenvalue weighted by Gasteiger charge is 2.48. The fraction of sp³-hybridized carbons (Fsp3) is 0.889. The minimum absolute atomic E-state index is 0.0731. The lowest BCUT2D eigenvalue weighted by Crippen LogP contribution is -2.50. The van der Waals surface area contributed by atoms with Gasteiger partial charge in [0.25, 0.3) is 0 Å². The summed E-state index contributed by atoms with van der Waals surface area (Å²) in [4.78, 5) is 11.0. The van der Waals surface area contributed by atoms with Crippen LogP contribution in [0.3, 0.4) is 0 Å².